The zero-order chi connectivity index (χ0) is 22.8. The molecule has 3 N–H and O–H groups in total. The van der Waals surface area contributed by atoms with Crippen molar-refractivity contribution in [3.05, 3.63) is 23.9 Å². The first-order valence-corrected chi connectivity index (χ1v) is 10.0. The Morgan fingerprint density at radius 2 is 2.03 bits per heavy atom. The van der Waals surface area contributed by atoms with Gasteiger partial charge in [-0.15, -0.1) is 0 Å². The molecule has 2 fully saturated rings. The van der Waals surface area contributed by atoms with Crippen LogP contribution >= 0.6 is 0 Å². The molecule has 8 nitrogen and oxygen atoms in total. The predicted molar refractivity (Wildman–Crippen MR) is 106 cm³/mol. The van der Waals surface area contributed by atoms with Crippen molar-refractivity contribution >= 4 is 29.1 Å². The quantitative estimate of drug-likeness (QED) is 0.402. The first-order chi connectivity index (χ1) is 14.6. The summed E-state index contributed by atoms with van der Waals surface area (Å²) in [4.78, 5) is 42.4. The Balaban J connectivity index is 1.58. The van der Waals surface area contributed by atoms with Crippen LogP contribution < -0.4 is 10.6 Å². The van der Waals surface area contributed by atoms with Gasteiger partial charge >= 0.3 is 6.18 Å². The minimum absolute atomic E-state index is 0.0426. The van der Waals surface area contributed by atoms with Crippen molar-refractivity contribution in [2.45, 2.75) is 50.9 Å². The Morgan fingerprint density at radius 3 is 2.71 bits per heavy atom. The Labute approximate surface area is 177 Å². The number of pyridine rings is 1. The number of nitrogens with zero attached hydrogens (tertiary/aromatic N) is 2. The second-order valence-corrected chi connectivity index (χ2v) is 7.81. The lowest BCUT2D eigenvalue weighted by Crippen LogP contribution is -2.49. The van der Waals surface area contributed by atoms with Crippen LogP contribution in [-0.2, 0) is 14.4 Å². The van der Waals surface area contributed by atoms with Crippen molar-refractivity contribution in [1.82, 2.24) is 15.2 Å². The maximum Gasteiger partial charge on any atom is 0.389 e. The van der Waals surface area contributed by atoms with E-state index in [4.69, 9.17) is 5.41 Å². The molecule has 1 aliphatic carbocycles. The van der Waals surface area contributed by atoms with E-state index in [2.05, 4.69) is 15.6 Å². The topological polar surface area (TPSA) is 115 Å². The van der Waals surface area contributed by atoms with E-state index in [0.29, 0.717) is 6.42 Å². The average molecular weight is 439 g/mol. The third-order valence-electron chi connectivity index (χ3n) is 5.47. The number of likely N-dealkylation sites (tertiary alicyclic amines) is 1. The van der Waals surface area contributed by atoms with Crippen LogP contribution in [0.5, 0.6) is 0 Å². The lowest BCUT2D eigenvalue weighted by atomic mass is 10.1. The molecule has 11 heteroatoms. The number of amides is 2. The maximum absolute atomic E-state index is 12.8. The smallest absolute Gasteiger partial charge is 0.360 e. The highest BCUT2D eigenvalue weighted by Gasteiger charge is 2.55. The van der Waals surface area contributed by atoms with Gasteiger partial charge in [0.25, 0.3) is 0 Å². The molecule has 168 valence electrons. The molecule has 0 spiro atoms. The number of alkyl halides is 3. The van der Waals surface area contributed by atoms with Crippen LogP contribution in [-0.4, -0.2) is 64.5 Å². The zero-order valence-corrected chi connectivity index (χ0v) is 17.0. The summed E-state index contributed by atoms with van der Waals surface area (Å²) in [5.41, 5.74) is 0.0371. The standard InChI is InChI=1S/C20H24F3N5O3/c1-11(29)17(24)13-4-2-6-25-18(13)27-10-16(30)28-14-8-12(14)9-15(28)19(31)26-7-3-5-20(21,22)23/h2,4,6,12,14-15,24H,3,5,7-10H2,1H3,(H,25,27)(H,26,31)/t12-,14-,15+/m1/s1. The number of fused-ring (bicyclic) bond motifs is 1. The molecule has 2 heterocycles. The summed E-state index contributed by atoms with van der Waals surface area (Å²) in [6.07, 6.45) is -2.70. The lowest BCUT2D eigenvalue weighted by Gasteiger charge is -2.27. The van der Waals surface area contributed by atoms with Gasteiger partial charge in [0.15, 0.2) is 5.78 Å². The van der Waals surface area contributed by atoms with Gasteiger partial charge in [-0.3, -0.25) is 19.8 Å². The number of piperidine rings is 1. The lowest BCUT2D eigenvalue weighted by molar-refractivity contribution is -0.139. The number of rotatable bonds is 9. The van der Waals surface area contributed by atoms with Crippen molar-refractivity contribution in [2.75, 3.05) is 18.4 Å². The fourth-order valence-electron chi connectivity index (χ4n) is 3.86. The fraction of sp³-hybridized carbons (Fsp3) is 0.550. The summed E-state index contributed by atoms with van der Waals surface area (Å²) in [7, 11) is 0. The van der Waals surface area contributed by atoms with Gasteiger partial charge in [0.05, 0.1) is 6.54 Å². The van der Waals surface area contributed by atoms with E-state index in [1.807, 2.05) is 0 Å². The minimum atomic E-state index is -4.27. The largest absolute Gasteiger partial charge is 0.389 e. The number of anilines is 1. The fourth-order valence-corrected chi connectivity index (χ4v) is 3.86. The van der Waals surface area contributed by atoms with Crippen molar-refractivity contribution in [3.63, 3.8) is 0 Å². The molecule has 2 aliphatic rings. The van der Waals surface area contributed by atoms with Gasteiger partial charge in [-0.25, -0.2) is 4.98 Å². The first kappa shape index (κ1) is 22.7. The Kier molecular flexibility index (Phi) is 6.61. The number of carbonyl (C=O) groups excluding carboxylic acids is 3. The summed E-state index contributed by atoms with van der Waals surface area (Å²) in [6.45, 7) is 0.977. The summed E-state index contributed by atoms with van der Waals surface area (Å²) < 4.78 is 36.7. The molecule has 1 aromatic rings. The Bertz CT molecular complexity index is 889. The third-order valence-corrected chi connectivity index (χ3v) is 5.47. The van der Waals surface area contributed by atoms with Gasteiger partial charge in [0, 0.05) is 37.7 Å². The highest BCUT2D eigenvalue weighted by molar-refractivity contribution is 6.45. The number of ketones is 1. The highest BCUT2D eigenvalue weighted by Crippen LogP contribution is 2.47. The van der Waals surface area contributed by atoms with E-state index >= 15 is 0 Å². The molecule has 1 saturated carbocycles. The summed E-state index contributed by atoms with van der Waals surface area (Å²) in [5, 5.41) is 13.2. The van der Waals surface area contributed by atoms with Gasteiger partial charge in [-0.1, -0.05) is 0 Å². The van der Waals surface area contributed by atoms with Crippen LogP contribution in [0.15, 0.2) is 18.3 Å². The molecule has 0 unspecified atom stereocenters. The molecular weight excluding hydrogens is 415 g/mol. The Hall–Kier alpha value is -2.98. The number of hydrogen-bond donors (Lipinski definition) is 3. The molecule has 0 radical (unpaired) electrons. The summed E-state index contributed by atoms with van der Waals surface area (Å²) >= 11 is 0. The molecule has 3 atom stereocenters. The van der Waals surface area contributed by atoms with Gasteiger partial charge in [-0.2, -0.15) is 13.2 Å². The van der Waals surface area contributed by atoms with Crippen LogP contribution in [0.3, 0.4) is 0 Å². The maximum atomic E-state index is 12.8. The molecular formula is C20H24F3N5O3. The van der Waals surface area contributed by atoms with Crippen molar-refractivity contribution < 1.29 is 27.6 Å². The molecule has 1 aliphatic heterocycles. The van der Waals surface area contributed by atoms with Crippen LogP contribution in [0, 0.1) is 11.3 Å². The summed E-state index contributed by atoms with van der Waals surface area (Å²) in [5.74, 6) is -0.780. The van der Waals surface area contributed by atoms with E-state index in [1.165, 1.54) is 18.0 Å². The monoisotopic (exact) mass is 439 g/mol. The van der Waals surface area contributed by atoms with Crippen molar-refractivity contribution in [1.29, 1.82) is 5.41 Å². The normalized spacial score (nSPS) is 21.9. The van der Waals surface area contributed by atoms with Crippen LogP contribution in [0.1, 0.15) is 38.2 Å². The minimum Gasteiger partial charge on any atom is -0.360 e. The molecule has 3 rings (SSSR count). The average Bonchev–Trinajstić information content (AvgIpc) is 3.37. The number of hydrogen-bond acceptors (Lipinski definition) is 6. The number of aromatic nitrogens is 1. The second-order valence-electron chi connectivity index (χ2n) is 7.81. The SMILES string of the molecule is CC(=O)C(=N)c1cccnc1NCC(=O)N1[C@@H]2C[C@@H]2C[C@H]1C(=O)NCCCC(F)(F)F. The molecule has 0 aromatic carbocycles. The van der Waals surface area contributed by atoms with Gasteiger partial charge in [-0.05, 0) is 37.3 Å². The Morgan fingerprint density at radius 1 is 1.29 bits per heavy atom. The third kappa shape index (κ3) is 5.59. The van der Waals surface area contributed by atoms with Gasteiger partial charge in [0.2, 0.25) is 11.8 Å². The molecule has 31 heavy (non-hydrogen) atoms. The van der Waals surface area contributed by atoms with Gasteiger partial charge in [0.1, 0.15) is 17.6 Å². The molecule has 0 bridgehead atoms. The highest BCUT2D eigenvalue weighted by atomic mass is 19.4. The van der Waals surface area contributed by atoms with E-state index < -0.39 is 30.3 Å². The van der Waals surface area contributed by atoms with E-state index in [9.17, 15) is 27.6 Å². The number of carbonyl (C=O) groups is 3. The molecule has 1 aromatic heterocycles. The van der Waals surface area contributed by atoms with Crippen LogP contribution in [0.25, 0.3) is 0 Å². The number of nitrogens with one attached hydrogen (secondary N) is 3. The second kappa shape index (κ2) is 9.03. The summed E-state index contributed by atoms with van der Waals surface area (Å²) in [6, 6.07) is 2.38. The number of halogens is 3. The van der Waals surface area contributed by atoms with E-state index in [-0.39, 0.29) is 54.5 Å². The molecule has 1 saturated heterocycles. The van der Waals surface area contributed by atoms with E-state index in [1.54, 1.807) is 12.1 Å². The first-order valence-electron chi connectivity index (χ1n) is 10.0. The van der Waals surface area contributed by atoms with Crippen molar-refractivity contribution in [3.8, 4) is 0 Å². The van der Waals surface area contributed by atoms with Crippen LogP contribution in [0.4, 0.5) is 19.0 Å². The zero-order valence-electron chi connectivity index (χ0n) is 17.0. The number of Topliss-reactive ketones (excluding diaryl/α,β-unsaturated/α-hetero) is 1. The van der Waals surface area contributed by atoms with Crippen molar-refractivity contribution in [2.24, 2.45) is 5.92 Å². The van der Waals surface area contributed by atoms with E-state index in [0.717, 1.165) is 6.42 Å². The molecule has 2 amide bonds. The van der Waals surface area contributed by atoms with Crippen LogP contribution in [0.2, 0.25) is 0 Å². The predicted octanol–water partition coefficient (Wildman–Crippen LogP) is 1.90. The van der Waals surface area contributed by atoms with Gasteiger partial charge < -0.3 is 15.5 Å².